The van der Waals surface area contributed by atoms with Crippen LogP contribution in [0.1, 0.15) is 11.5 Å². The lowest BCUT2D eigenvalue weighted by Crippen LogP contribution is -1.82. The van der Waals surface area contributed by atoms with Gasteiger partial charge in [0.1, 0.15) is 11.5 Å². The molecule has 1 aromatic heterocycles. The average Bonchev–Trinajstić information content (AvgIpc) is 2.48. The van der Waals surface area contributed by atoms with E-state index in [1.807, 2.05) is 0 Å². The maximum atomic E-state index is 11.7. The van der Waals surface area contributed by atoms with Gasteiger partial charge in [-0.2, -0.15) is 21.4 Å². The first-order chi connectivity index (χ1) is 5.72. The zero-order valence-electron chi connectivity index (χ0n) is 6.17. The van der Waals surface area contributed by atoms with Gasteiger partial charge in [-0.15, -0.1) is 0 Å². The summed E-state index contributed by atoms with van der Waals surface area (Å²) in [4.78, 5) is 0. The maximum absolute atomic E-state index is 11.7. The molecule has 0 saturated heterocycles. The number of hydrogen-bond acceptors (Lipinski definition) is 3. The van der Waals surface area contributed by atoms with E-state index in [0.29, 0.717) is 29.0 Å². The van der Waals surface area contributed by atoms with Crippen LogP contribution in [0.5, 0.6) is 0 Å². The summed E-state index contributed by atoms with van der Waals surface area (Å²) in [5, 5.41) is 0. The fourth-order valence-corrected chi connectivity index (χ4v) is 1.35. The van der Waals surface area contributed by atoms with Crippen LogP contribution in [0.15, 0.2) is 16.5 Å². The summed E-state index contributed by atoms with van der Waals surface area (Å²) in [6, 6.07) is 3.44. The Bertz CT molecular complexity index is 237. The number of halogens is 2. The summed E-state index contributed by atoms with van der Waals surface area (Å²) in [6.07, 6.45) is 0. The van der Waals surface area contributed by atoms with E-state index >= 15 is 0 Å². The standard InChI is InChI=1S/C7H8F2OS2/c8-7(9)12-4-6-2-1-5(3-11)10-6/h1-2,7,11H,3-4H2. The zero-order chi connectivity index (χ0) is 8.97. The predicted octanol–water partition coefficient (Wildman–Crippen LogP) is 3.17. The van der Waals surface area contributed by atoms with Gasteiger partial charge in [0.15, 0.2) is 0 Å². The summed E-state index contributed by atoms with van der Waals surface area (Å²) in [7, 11) is 0. The molecule has 0 aliphatic carbocycles. The van der Waals surface area contributed by atoms with Crippen LogP contribution in [0, 0.1) is 0 Å². The normalized spacial score (nSPS) is 11.0. The Morgan fingerprint density at radius 2 is 2.08 bits per heavy atom. The molecule has 1 rings (SSSR count). The Hall–Kier alpha value is -0.160. The van der Waals surface area contributed by atoms with Gasteiger partial charge < -0.3 is 4.42 Å². The fourth-order valence-electron chi connectivity index (χ4n) is 0.730. The second-order valence-electron chi connectivity index (χ2n) is 2.10. The lowest BCUT2D eigenvalue weighted by atomic mass is 10.5. The summed E-state index contributed by atoms with van der Waals surface area (Å²) in [5.74, 6) is -0.341. The fraction of sp³-hybridized carbons (Fsp3) is 0.429. The monoisotopic (exact) mass is 210 g/mol. The Labute approximate surface area is 78.9 Å². The Morgan fingerprint density at radius 1 is 1.42 bits per heavy atom. The summed E-state index contributed by atoms with van der Waals surface area (Å²) in [6.45, 7) is 0. The number of alkyl halides is 2. The molecule has 0 unspecified atom stereocenters. The van der Waals surface area contributed by atoms with Gasteiger partial charge in [-0.25, -0.2) is 0 Å². The first-order valence-corrected chi connectivity index (χ1v) is 4.98. The molecule has 1 heterocycles. The summed E-state index contributed by atoms with van der Waals surface area (Å²) in [5.41, 5.74) is 0. The molecule has 0 amide bonds. The topological polar surface area (TPSA) is 13.1 Å². The van der Waals surface area contributed by atoms with Crippen molar-refractivity contribution in [3.8, 4) is 0 Å². The third-order valence-electron chi connectivity index (χ3n) is 1.22. The van der Waals surface area contributed by atoms with Gasteiger partial charge in [0.25, 0.3) is 5.76 Å². The van der Waals surface area contributed by atoms with E-state index in [4.69, 9.17) is 4.42 Å². The molecule has 0 aromatic carbocycles. The molecule has 1 aromatic rings. The second kappa shape index (κ2) is 4.77. The Balaban J connectivity index is 2.41. The van der Waals surface area contributed by atoms with Crippen LogP contribution in [0.3, 0.4) is 0 Å². The highest BCUT2D eigenvalue weighted by molar-refractivity contribution is 7.98. The van der Waals surface area contributed by atoms with Gasteiger partial charge in [0.05, 0.1) is 5.75 Å². The van der Waals surface area contributed by atoms with E-state index in [2.05, 4.69) is 12.6 Å². The minimum Gasteiger partial charge on any atom is -0.464 e. The van der Waals surface area contributed by atoms with Crippen molar-refractivity contribution >= 4 is 24.4 Å². The predicted molar refractivity (Wildman–Crippen MR) is 48.7 cm³/mol. The average molecular weight is 210 g/mol. The Morgan fingerprint density at radius 3 is 2.58 bits per heavy atom. The molecule has 5 heteroatoms. The van der Waals surface area contributed by atoms with Gasteiger partial charge in [-0.1, -0.05) is 11.8 Å². The summed E-state index contributed by atoms with van der Waals surface area (Å²) < 4.78 is 28.6. The largest absolute Gasteiger partial charge is 0.464 e. The first kappa shape index (κ1) is 9.92. The van der Waals surface area contributed by atoms with Gasteiger partial charge in [-0.05, 0) is 12.1 Å². The molecule has 0 radical (unpaired) electrons. The molecular formula is C7H8F2OS2. The minimum absolute atomic E-state index is 0.214. The molecule has 0 N–H and O–H groups in total. The van der Waals surface area contributed by atoms with Gasteiger partial charge in [-0.3, -0.25) is 0 Å². The van der Waals surface area contributed by atoms with Gasteiger partial charge in [0, 0.05) is 5.75 Å². The molecule has 0 saturated carbocycles. The van der Waals surface area contributed by atoms with Gasteiger partial charge in [0.2, 0.25) is 0 Å². The third kappa shape index (κ3) is 3.06. The highest BCUT2D eigenvalue weighted by Crippen LogP contribution is 2.21. The number of thioether (sulfide) groups is 1. The van der Waals surface area contributed by atoms with E-state index in [1.165, 1.54) is 0 Å². The molecule has 12 heavy (non-hydrogen) atoms. The number of thiol groups is 1. The zero-order valence-corrected chi connectivity index (χ0v) is 7.88. The van der Waals surface area contributed by atoms with Crippen molar-refractivity contribution in [2.45, 2.75) is 17.3 Å². The van der Waals surface area contributed by atoms with Crippen molar-refractivity contribution in [1.29, 1.82) is 0 Å². The third-order valence-corrected chi connectivity index (χ3v) is 2.24. The lowest BCUT2D eigenvalue weighted by Gasteiger charge is -1.95. The number of furan rings is 1. The van der Waals surface area contributed by atoms with E-state index < -0.39 is 5.76 Å². The SMILES string of the molecule is FC(F)SCc1ccc(CS)o1. The van der Waals surface area contributed by atoms with Gasteiger partial charge >= 0.3 is 0 Å². The van der Waals surface area contributed by atoms with Crippen molar-refractivity contribution in [3.63, 3.8) is 0 Å². The van der Waals surface area contributed by atoms with Crippen LogP contribution in [-0.2, 0) is 11.5 Å². The van der Waals surface area contributed by atoms with E-state index in [-0.39, 0.29) is 5.75 Å². The van der Waals surface area contributed by atoms with Crippen LogP contribution in [0.25, 0.3) is 0 Å². The van der Waals surface area contributed by atoms with Crippen LogP contribution >= 0.6 is 24.4 Å². The van der Waals surface area contributed by atoms with E-state index in [1.54, 1.807) is 12.1 Å². The highest BCUT2D eigenvalue weighted by atomic mass is 32.2. The van der Waals surface area contributed by atoms with Crippen molar-refractivity contribution in [2.75, 3.05) is 0 Å². The van der Waals surface area contributed by atoms with Crippen molar-refractivity contribution in [2.24, 2.45) is 0 Å². The van der Waals surface area contributed by atoms with Crippen molar-refractivity contribution in [1.82, 2.24) is 0 Å². The van der Waals surface area contributed by atoms with Crippen LogP contribution < -0.4 is 0 Å². The van der Waals surface area contributed by atoms with Crippen molar-refractivity contribution in [3.05, 3.63) is 23.7 Å². The molecule has 0 fully saturated rings. The van der Waals surface area contributed by atoms with E-state index in [0.717, 1.165) is 0 Å². The second-order valence-corrected chi connectivity index (χ2v) is 3.39. The lowest BCUT2D eigenvalue weighted by molar-refractivity contribution is 0.251. The number of hydrogen-bond donors (Lipinski definition) is 1. The number of rotatable bonds is 4. The first-order valence-electron chi connectivity index (χ1n) is 3.30. The smallest absolute Gasteiger partial charge is 0.284 e. The molecule has 0 bridgehead atoms. The maximum Gasteiger partial charge on any atom is 0.284 e. The van der Waals surface area contributed by atoms with Crippen molar-refractivity contribution < 1.29 is 13.2 Å². The molecule has 0 aliphatic rings. The molecule has 0 aliphatic heterocycles. The molecular weight excluding hydrogens is 202 g/mol. The van der Waals surface area contributed by atoms with Crippen LogP contribution in [0.2, 0.25) is 0 Å². The highest BCUT2D eigenvalue weighted by Gasteiger charge is 2.06. The molecule has 68 valence electrons. The summed E-state index contributed by atoms with van der Waals surface area (Å²) >= 11 is 4.54. The molecule has 1 nitrogen and oxygen atoms in total. The van der Waals surface area contributed by atoms with E-state index in [9.17, 15) is 8.78 Å². The minimum atomic E-state index is -2.34. The quantitative estimate of drug-likeness (QED) is 0.767. The molecule has 0 atom stereocenters. The van der Waals surface area contributed by atoms with Crippen LogP contribution in [-0.4, -0.2) is 5.76 Å². The molecule has 0 spiro atoms. The Kier molecular flexibility index (Phi) is 3.94. The van der Waals surface area contributed by atoms with Crippen LogP contribution in [0.4, 0.5) is 8.78 Å².